The molecule has 5 N–H and O–H groups in total. The summed E-state index contributed by atoms with van der Waals surface area (Å²) >= 11 is 0. The van der Waals surface area contributed by atoms with Gasteiger partial charge in [-0.3, -0.25) is 0 Å². The van der Waals surface area contributed by atoms with Crippen LogP contribution in [-0.2, 0) is 0 Å². The Morgan fingerprint density at radius 3 is 2.57 bits per heavy atom. The Bertz CT molecular complexity index is 271. The van der Waals surface area contributed by atoms with Crippen molar-refractivity contribution in [3.8, 4) is 5.75 Å². The van der Waals surface area contributed by atoms with Crippen molar-refractivity contribution >= 4 is 18.1 Å². The third-order valence-electron chi connectivity index (χ3n) is 1.62. The average Bonchev–Trinajstić information content (AvgIpc) is 2.16. The van der Waals surface area contributed by atoms with Gasteiger partial charge in [-0.2, -0.15) is 0 Å². The molecule has 0 amide bonds. The highest BCUT2D eigenvalue weighted by Gasteiger charge is 2.03. The molecule has 0 aliphatic rings. The fourth-order valence-electron chi connectivity index (χ4n) is 0.866. The lowest BCUT2D eigenvalue weighted by Crippen LogP contribution is -2.26. The number of rotatable bonds is 4. The highest BCUT2D eigenvalue weighted by Crippen LogP contribution is 2.19. The number of halogens is 1. The molecule has 5 heteroatoms. The van der Waals surface area contributed by atoms with E-state index in [1.165, 1.54) is 0 Å². The van der Waals surface area contributed by atoms with Crippen molar-refractivity contribution in [2.45, 2.75) is 6.10 Å². The molecule has 0 heterocycles. The predicted octanol–water partition coefficient (Wildman–Crippen LogP) is 0.389. The summed E-state index contributed by atoms with van der Waals surface area (Å²) in [6.45, 7) is 0.359. The molecular weight excluding hydrogens is 204 g/mol. The van der Waals surface area contributed by atoms with E-state index in [1.807, 2.05) is 12.1 Å². The first-order valence-corrected chi connectivity index (χ1v) is 4.09. The van der Waals surface area contributed by atoms with E-state index in [0.29, 0.717) is 11.4 Å². The number of aliphatic hydroxyl groups excluding tert-OH is 1. The lowest BCUT2D eigenvalue weighted by Gasteiger charge is -2.11. The zero-order chi connectivity index (χ0) is 9.68. The third-order valence-corrected chi connectivity index (χ3v) is 1.62. The number of anilines is 1. The van der Waals surface area contributed by atoms with Crippen molar-refractivity contribution in [3.63, 3.8) is 0 Å². The molecule has 0 aliphatic heterocycles. The van der Waals surface area contributed by atoms with E-state index < -0.39 is 6.10 Å². The highest BCUT2D eigenvalue weighted by atomic mass is 35.5. The molecule has 1 aromatic rings. The molecule has 1 aromatic carbocycles. The zero-order valence-corrected chi connectivity index (χ0v) is 8.54. The van der Waals surface area contributed by atoms with E-state index in [9.17, 15) is 0 Å². The van der Waals surface area contributed by atoms with Crippen LogP contribution in [0.25, 0.3) is 0 Å². The molecule has 14 heavy (non-hydrogen) atoms. The Balaban J connectivity index is 0.00000169. The van der Waals surface area contributed by atoms with Crippen LogP contribution in [0, 0.1) is 0 Å². The SMILES string of the molecule is Cl.NCC(O)COc1ccccc1N. The molecule has 0 saturated heterocycles. The van der Waals surface area contributed by atoms with E-state index in [2.05, 4.69) is 0 Å². The molecule has 0 bridgehead atoms. The Labute approximate surface area is 89.3 Å². The van der Waals surface area contributed by atoms with Gasteiger partial charge in [-0.25, -0.2) is 0 Å². The standard InChI is InChI=1S/C9H14N2O2.ClH/c10-5-7(12)6-13-9-4-2-1-3-8(9)11;/h1-4,7,12H,5-6,10-11H2;1H. The predicted molar refractivity (Wildman–Crippen MR) is 58.7 cm³/mol. The van der Waals surface area contributed by atoms with Gasteiger partial charge in [0, 0.05) is 6.54 Å². The van der Waals surface area contributed by atoms with E-state index in [0.717, 1.165) is 0 Å². The van der Waals surface area contributed by atoms with Crippen molar-refractivity contribution < 1.29 is 9.84 Å². The minimum atomic E-state index is -0.639. The first-order chi connectivity index (χ1) is 6.24. The van der Waals surface area contributed by atoms with Gasteiger partial charge in [0.05, 0.1) is 5.69 Å². The summed E-state index contributed by atoms with van der Waals surface area (Å²) in [4.78, 5) is 0. The smallest absolute Gasteiger partial charge is 0.142 e. The molecule has 1 rings (SSSR count). The lowest BCUT2D eigenvalue weighted by molar-refractivity contribution is 0.114. The third kappa shape index (κ3) is 3.83. The van der Waals surface area contributed by atoms with Gasteiger partial charge in [0.2, 0.25) is 0 Å². The van der Waals surface area contributed by atoms with Crippen LogP contribution >= 0.6 is 12.4 Å². The van der Waals surface area contributed by atoms with Crippen LogP contribution in [0.3, 0.4) is 0 Å². The molecule has 0 fully saturated rings. The molecule has 0 aliphatic carbocycles. The Kier molecular flexibility index (Phi) is 6.03. The molecule has 4 nitrogen and oxygen atoms in total. The second-order valence-corrected chi connectivity index (χ2v) is 2.74. The Morgan fingerprint density at radius 1 is 1.36 bits per heavy atom. The van der Waals surface area contributed by atoms with Gasteiger partial charge in [0.1, 0.15) is 18.5 Å². The van der Waals surface area contributed by atoms with Crippen LogP contribution in [0.2, 0.25) is 0 Å². The number of para-hydroxylation sites is 2. The number of nitrogens with two attached hydrogens (primary N) is 2. The monoisotopic (exact) mass is 218 g/mol. The number of nitrogen functional groups attached to an aromatic ring is 1. The molecular formula is C9H15ClN2O2. The summed E-state index contributed by atoms with van der Waals surface area (Å²) in [6.07, 6.45) is -0.639. The maximum Gasteiger partial charge on any atom is 0.142 e. The molecule has 1 atom stereocenters. The summed E-state index contributed by atoms with van der Waals surface area (Å²) in [5.74, 6) is 0.579. The average molecular weight is 219 g/mol. The van der Waals surface area contributed by atoms with Gasteiger partial charge in [-0.05, 0) is 12.1 Å². The lowest BCUT2D eigenvalue weighted by atomic mass is 10.3. The van der Waals surface area contributed by atoms with Crippen molar-refractivity contribution in [3.05, 3.63) is 24.3 Å². The highest BCUT2D eigenvalue weighted by molar-refractivity contribution is 5.85. The minimum absolute atomic E-state index is 0. The normalized spacial score (nSPS) is 11.6. The zero-order valence-electron chi connectivity index (χ0n) is 7.72. The number of hydrogen-bond acceptors (Lipinski definition) is 4. The maximum atomic E-state index is 9.12. The number of aliphatic hydroxyl groups is 1. The number of benzene rings is 1. The van der Waals surface area contributed by atoms with Crippen molar-refractivity contribution in [2.75, 3.05) is 18.9 Å². The van der Waals surface area contributed by atoms with Crippen LogP contribution in [-0.4, -0.2) is 24.4 Å². The summed E-state index contributed by atoms with van der Waals surface area (Å²) in [5.41, 5.74) is 11.4. The van der Waals surface area contributed by atoms with Crippen LogP contribution in [0.4, 0.5) is 5.69 Å². The van der Waals surface area contributed by atoms with Gasteiger partial charge in [0.25, 0.3) is 0 Å². The van der Waals surface area contributed by atoms with Crippen molar-refractivity contribution in [1.29, 1.82) is 0 Å². The summed E-state index contributed by atoms with van der Waals surface area (Å²) in [6, 6.07) is 7.13. The second-order valence-electron chi connectivity index (χ2n) is 2.74. The summed E-state index contributed by atoms with van der Waals surface area (Å²) in [7, 11) is 0. The van der Waals surface area contributed by atoms with Crippen molar-refractivity contribution in [2.24, 2.45) is 5.73 Å². The molecule has 0 aromatic heterocycles. The molecule has 1 unspecified atom stereocenters. The van der Waals surface area contributed by atoms with Crippen LogP contribution in [0.5, 0.6) is 5.75 Å². The van der Waals surface area contributed by atoms with E-state index in [4.69, 9.17) is 21.3 Å². The number of ether oxygens (including phenoxy) is 1. The van der Waals surface area contributed by atoms with Crippen LogP contribution in [0.15, 0.2) is 24.3 Å². The minimum Gasteiger partial charge on any atom is -0.489 e. The van der Waals surface area contributed by atoms with E-state index in [-0.39, 0.29) is 25.6 Å². The Hall–Kier alpha value is -0.970. The second kappa shape index (κ2) is 6.48. The molecule has 80 valence electrons. The first kappa shape index (κ1) is 13.0. The molecule has 0 saturated carbocycles. The Morgan fingerprint density at radius 2 is 2.00 bits per heavy atom. The van der Waals surface area contributed by atoms with Gasteiger partial charge < -0.3 is 21.3 Å². The van der Waals surface area contributed by atoms with Crippen LogP contribution < -0.4 is 16.2 Å². The van der Waals surface area contributed by atoms with Crippen molar-refractivity contribution in [1.82, 2.24) is 0 Å². The number of hydrogen-bond donors (Lipinski definition) is 3. The van der Waals surface area contributed by atoms with Gasteiger partial charge in [-0.1, -0.05) is 12.1 Å². The van der Waals surface area contributed by atoms with Crippen LogP contribution in [0.1, 0.15) is 0 Å². The molecule has 0 radical (unpaired) electrons. The fraction of sp³-hybridized carbons (Fsp3) is 0.333. The van der Waals surface area contributed by atoms with Gasteiger partial charge in [0.15, 0.2) is 0 Å². The van der Waals surface area contributed by atoms with E-state index in [1.54, 1.807) is 12.1 Å². The summed E-state index contributed by atoms with van der Waals surface area (Å²) in [5, 5.41) is 9.12. The van der Waals surface area contributed by atoms with Gasteiger partial charge >= 0.3 is 0 Å². The molecule has 0 spiro atoms. The largest absolute Gasteiger partial charge is 0.489 e. The quantitative estimate of drug-likeness (QED) is 0.639. The first-order valence-electron chi connectivity index (χ1n) is 4.09. The van der Waals surface area contributed by atoms with Gasteiger partial charge in [-0.15, -0.1) is 12.4 Å². The fourth-order valence-corrected chi connectivity index (χ4v) is 0.866. The maximum absolute atomic E-state index is 9.12. The van der Waals surface area contributed by atoms with E-state index >= 15 is 0 Å². The summed E-state index contributed by atoms with van der Waals surface area (Å²) < 4.78 is 5.23. The topological polar surface area (TPSA) is 81.5 Å².